The van der Waals surface area contributed by atoms with Crippen LogP contribution in [-0.2, 0) is 0 Å². The number of rotatable bonds is 4. The highest BCUT2D eigenvalue weighted by Crippen LogP contribution is 2.32. The van der Waals surface area contributed by atoms with Crippen molar-refractivity contribution in [2.75, 3.05) is 6.54 Å². The average molecular weight is 299 g/mol. The van der Waals surface area contributed by atoms with Crippen LogP contribution in [0.25, 0.3) is 0 Å². The van der Waals surface area contributed by atoms with Crippen LogP contribution in [0.1, 0.15) is 23.1 Å². The van der Waals surface area contributed by atoms with Crippen LogP contribution in [0.4, 0.5) is 17.6 Å². The second-order valence-electron chi connectivity index (χ2n) is 4.66. The topological polar surface area (TPSA) is 46.2 Å². The molecule has 3 N–H and O–H groups in total. The zero-order chi connectivity index (χ0) is 15.6. The molecule has 2 unspecified atom stereocenters. The van der Waals surface area contributed by atoms with Crippen LogP contribution in [0.3, 0.4) is 0 Å². The maximum atomic E-state index is 13.7. The van der Waals surface area contributed by atoms with Crippen molar-refractivity contribution >= 4 is 0 Å². The van der Waals surface area contributed by atoms with E-state index < -0.39 is 35.3 Å². The Kier molecular flexibility index (Phi) is 4.59. The second-order valence-corrected chi connectivity index (χ2v) is 4.66. The summed E-state index contributed by atoms with van der Waals surface area (Å²) in [6.45, 7) is -0.166. The first-order chi connectivity index (χ1) is 9.92. The second kappa shape index (κ2) is 6.24. The van der Waals surface area contributed by atoms with Gasteiger partial charge in [-0.1, -0.05) is 6.07 Å². The van der Waals surface area contributed by atoms with Gasteiger partial charge in [-0.15, -0.1) is 0 Å². The molecule has 2 aromatic rings. The number of halogens is 4. The van der Waals surface area contributed by atoms with E-state index in [1.807, 2.05) is 0 Å². The Bertz CT molecular complexity index is 627. The van der Waals surface area contributed by atoms with Gasteiger partial charge in [0, 0.05) is 30.2 Å². The number of hydrogen-bond acceptors (Lipinski definition) is 2. The van der Waals surface area contributed by atoms with Gasteiger partial charge in [0.25, 0.3) is 0 Å². The standard InChI is InChI=1S/C15H13F4NO/c16-9-1-2-12(14(19)6-9)15(21)13(7-20)8-3-10(17)5-11(18)4-8/h1-6,13,15,21H,7,20H2. The molecule has 0 aliphatic rings. The van der Waals surface area contributed by atoms with E-state index in [2.05, 4.69) is 0 Å². The van der Waals surface area contributed by atoms with Crippen LogP contribution in [-0.4, -0.2) is 11.7 Å². The molecule has 0 radical (unpaired) electrons. The third kappa shape index (κ3) is 3.40. The third-order valence-corrected chi connectivity index (χ3v) is 3.23. The molecule has 0 bridgehead atoms. The van der Waals surface area contributed by atoms with Crippen LogP contribution in [0.15, 0.2) is 36.4 Å². The van der Waals surface area contributed by atoms with Crippen molar-refractivity contribution < 1.29 is 22.7 Å². The summed E-state index contributed by atoms with van der Waals surface area (Å²) in [5, 5.41) is 10.2. The molecule has 2 rings (SSSR count). The summed E-state index contributed by atoms with van der Waals surface area (Å²) in [6, 6.07) is 5.41. The Hall–Kier alpha value is -1.92. The first kappa shape index (κ1) is 15.5. The van der Waals surface area contributed by atoms with Gasteiger partial charge in [-0.05, 0) is 23.8 Å². The summed E-state index contributed by atoms with van der Waals surface area (Å²) in [4.78, 5) is 0. The Morgan fingerprint density at radius 3 is 2.05 bits per heavy atom. The van der Waals surface area contributed by atoms with Crippen molar-refractivity contribution in [2.24, 2.45) is 5.73 Å². The number of aliphatic hydroxyl groups excluding tert-OH is 1. The Balaban J connectivity index is 2.40. The summed E-state index contributed by atoms with van der Waals surface area (Å²) in [5.41, 5.74) is 5.44. The van der Waals surface area contributed by atoms with Crippen molar-refractivity contribution in [3.05, 3.63) is 70.8 Å². The lowest BCUT2D eigenvalue weighted by Crippen LogP contribution is -2.21. The summed E-state index contributed by atoms with van der Waals surface area (Å²) < 4.78 is 53.0. The van der Waals surface area contributed by atoms with E-state index in [0.29, 0.717) is 12.1 Å². The molecule has 0 amide bonds. The first-order valence-electron chi connectivity index (χ1n) is 6.21. The fourth-order valence-electron chi connectivity index (χ4n) is 2.19. The van der Waals surface area contributed by atoms with E-state index in [9.17, 15) is 22.7 Å². The van der Waals surface area contributed by atoms with Gasteiger partial charge < -0.3 is 10.8 Å². The molecule has 2 nitrogen and oxygen atoms in total. The fraction of sp³-hybridized carbons (Fsp3) is 0.200. The van der Waals surface area contributed by atoms with Gasteiger partial charge in [0.1, 0.15) is 23.3 Å². The number of benzene rings is 2. The quantitative estimate of drug-likeness (QED) is 0.853. The van der Waals surface area contributed by atoms with Crippen LogP contribution in [0, 0.1) is 23.3 Å². The van der Waals surface area contributed by atoms with Gasteiger partial charge in [0.2, 0.25) is 0 Å². The van der Waals surface area contributed by atoms with Gasteiger partial charge >= 0.3 is 0 Å². The zero-order valence-corrected chi connectivity index (χ0v) is 10.9. The monoisotopic (exact) mass is 299 g/mol. The van der Waals surface area contributed by atoms with Crippen molar-refractivity contribution in [2.45, 2.75) is 12.0 Å². The molecule has 0 heterocycles. The van der Waals surface area contributed by atoms with E-state index >= 15 is 0 Å². The minimum Gasteiger partial charge on any atom is -0.388 e. The van der Waals surface area contributed by atoms with E-state index in [-0.39, 0.29) is 17.7 Å². The van der Waals surface area contributed by atoms with Crippen molar-refractivity contribution in [3.8, 4) is 0 Å². The summed E-state index contributed by atoms with van der Waals surface area (Å²) in [7, 11) is 0. The third-order valence-electron chi connectivity index (χ3n) is 3.23. The number of nitrogens with two attached hydrogens (primary N) is 1. The molecule has 0 aromatic heterocycles. The molecule has 0 saturated heterocycles. The molecule has 0 saturated carbocycles. The maximum absolute atomic E-state index is 13.7. The average Bonchev–Trinajstić information content (AvgIpc) is 2.38. The zero-order valence-electron chi connectivity index (χ0n) is 10.9. The van der Waals surface area contributed by atoms with Gasteiger partial charge in [-0.2, -0.15) is 0 Å². The molecule has 0 aliphatic carbocycles. The highest BCUT2D eigenvalue weighted by Gasteiger charge is 2.25. The van der Waals surface area contributed by atoms with Crippen LogP contribution in [0.2, 0.25) is 0 Å². The molecule has 112 valence electrons. The van der Waals surface area contributed by atoms with E-state index in [1.54, 1.807) is 0 Å². The number of hydrogen-bond donors (Lipinski definition) is 2. The first-order valence-corrected chi connectivity index (χ1v) is 6.21. The van der Waals surface area contributed by atoms with Crippen molar-refractivity contribution in [1.29, 1.82) is 0 Å². The number of aliphatic hydroxyl groups is 1. The predicted octanol–water partition coefficient (Wildman–Crippen LogP) is 3.02. The van der Waals surface area contributed by atoms with Gasteiger partial charge in [0.15, 0.2) is 0 Å². The van der Waals surface area contributed by atoms with E-state index in [4.69, 9.17) is 5.73 Å². The Morgan fingerprint density at radius 1 is 0.905 bits per heavy atom. The van der Waals surface area contributed by atoms with Crippen LogP contribution in [0.5, 0.6) is 0 Å². The van der Waals surface area contributed by atoms with E-state index in [0.717, 1.165) is 24.3 Å². The summed E-state index contributed by atoms with van der Waals surface area (Å²) >= 11 is 0. The molecule has 21 heavy (non-hydrogen) atoms. The lowest BCUT2D eigenvalue weighted by Gasteiger charge is -2.23. The lowest BCUT2D eigenvalue weighted by atomic mass is 9.89. The molecule has 2 atom stereocenters. The van der Waals surface area contributed by atoms with Crippen molar-refractivity contribution in [1.82, 2.24) is 0 Å². The minimum atomic E-state index is -1.45. The smallest absolute Gasteiger partial charge is 0.131 e. The molecule has 2 aromatic carbocycles. The molecule has 0 aliphatic heterocycles. The largest absolute Gasteiger partial charge is 0.388 e. The molecular weight excluding hydrogens is 286 g/mol. The normalized spacial score (nSPS) is 14.0. The Labute approximate surface area is 118 Å². The van der Waals surface area contributed by atoms with Gasteiger partial charge in [-0.25, -0.2) is 17.6 Å². The van der Waals surface area contributed by atoms with Crippen LogP contribution < -0.4 is 5.73 Å². The lowest BCUT2D eigenvalue weighted by molar-refractivity contribution is 0.142. The SMILES string of the molecule is NCC(c1cc(F)cc(F)c1)C(O)c1ccc(F)cc1F. The summed E-state index contributed by atoms with van der Waals surface area (Å²) in [6.07, 6.45) is -1.45. The highest BCUT2D eigenvalue weighted by molar-refractivity contribution is 5.29. The molecular formula is C15H13F4NO. The van der Waals surface area contributed by atoms with Gasteiger partial charge in [0.05, 0.1) is 6.10 Å². The predicted molar refractivity (Wildman–Crippen MR) is 69.5 cm³/mol. The fourth-order valence-corrected chi connectivity index (χ4v) is 2.19. The maximum Gasteiger partial charge on any atom is 0.131 e. The van der Waals surface area contributed by atoms with E-state index in [1.165, 1.54) is 0 Å². The Morgan fingerprint density at radius 2 is 1.52 bits per heavy atom. The molecule has 6 heteroatoms. The minimum absolute atomic E-state index is 0.103. The van der Waals surface area contributed by atoms with Crippen molar-refractivity contribution in [3.63, 3.8) is 0 Å². The highest BCUT2D eigenvalue weighted by atomic mass is 19.1. The van der Waals surface area contributed by atoms with Gasteiger partial charge in [-0.3, -0.25) is 0 Å². The van der Waals surface area contributed by atoms with Crippen LogP contribution >= 0.6 is 0 Å². The summed E-state index contributed by atoms with van der Waals surface area (Å²) in [5.74, 6) is -4.30. The molecule has 0 spiro atoms. The molecule has 0 fully saturated rings.